The van der Waals surface area contributed by atoms with Gasteiger partial charge < -0.3 is 15.4 Å². The maximum atomic E-state index is 5.56. The van der Waals surface area contributed by atoms with Gasteiger partial charge in [-0.05, 0) is 26.2 Å². The van der Waals surface area contributed by atoms with E-state index in [2.05, 4.69) is 48.3 Å². The minimum Gasteiger partial charge on any atom is -0.381 e. The van der Waals surface area contributed by atoms with Crippen molar-refractivity contribution in [3.05, 3.63) is 16.1 Å². The second-order valence-electron chi connectivity index (χ2n) is 5.31. The summed E-state index contributed by atoms with van der Waals surface area (Å²) in [5, 5.41) is 7.61. The van der Waals surface area contributed by atoms with Gasteiger partial charge >= 0.3 is 0 Å². The molecule has 0 aliphatic heterocycles. The molecule has 1 aromatic heterocycles. The number of guanidine groups is 1. The molecule has 0 aromatic carbocycles. The zero-order valence-electron chi connectivity index (χ0n) is 13.6. The van der Waals surface area contributed by atoms with Gasteiger partial charge in [-0.3, -0.25) is 0 Å². The molecule has 1 rings (SSSR count). The molecule has 1 aromatic rings. The first-order valence-corrected chi connectivity index (χ1v) is 8.44. The zero-order chi connectivity index (χ0) is 15.5. The van der Waals surface area contributed by atoms with Gasteiger partial charge in [-0.15, -0.1) is 11.3 Å². The molecule has 0 bridgehead atoms. The molecule has 2 N–H and O–H groups in total. The van der Waals surface area contributed by atoms with E-state index in [9.17, 15) is 0 Å². The second-order valence-corrected chi connectivity index (χ2v) is 6.63. The quantitative estimate of drug-likeness (QED) is 0.418. The van der Waals surface area contributed by atoms with Crippen LogP contribution in [-0.2, 0) is 11.3 Å². The fourth-order valence-electron chi connectivity index (χ4n) is 1.66. The Morgan fingerprint density at radius 1 is 1.43 bits per heavy atom. The third kappa shape index (κ3) is 8.67. The Bertz CT molecular complexity index is 418. The number of nitrogens with zero attached hydrogens (tertiary/aromatic N) is 2. The number of aromatic nitrogens is 1. The van der Waals surface area contributed by atoms with Crippen molar-refractivity contribution in [3.8, 4) is 0 Å². The number of aliphatic imine (C=N–C) groups is 1. The number of hydrogen-bond donors (Lipinski definition) is 2. The van der Waals surface area contributed by atoms with Crippen molar-refractivity contribution >= 4 is 17.3 Å². The largest absolute Gasteiger partial charge is 0.381 e. The molecular weight excluding hydrogens is 284 g/mol. The lowest BCUT2D eigenvalue weighted by molar-refractivity contribution is 0.108. The molecule has 21 heavy (non-hydrogen) atoms. The SMILES string of the molecule is CCNC(=NCc1ncc(C)s1)NCCCOCC(C)C. The van der Waals surface area contributed by atoms with E-state index in [4.69, 9.17) is 4.74 Å². The van der Waals surface area contributed by atoms with Crippen molar-refractivity contribution in [3.63, 3.8) is 0 Å². The second kappa shape index (κ2) is 10.6. The van der Waals surface area contributed by atoms with Crippen LogP contribution in [0.15, 0.2) is 11.2 Å². The average molecular weight is 312 g/mol. The normalized spacial score (nSPS) is 12.0. The van der Waals surface area contributed by atoms with Crippen molar-refractivity contribution in [2.45, 2.75) is 40.7 Å². The number of ether oxygens (including phenoxy) is 1. The fraction of sp³-hybridized carbons (Fsp3) is 0.733. The van der Waals surface area contributed by atoms with Crippen LogP contribution in [0.2, 0.25) is 0 Å². The molecule has 1 heterocycles. The van der Waals surface area contributed by atoms with Crippen molar-refractivity contribution in [1.29, 1.82) is 0 Å². The number of nitrogens with one attached hydrogen (secondary N) is 2. The summed E-state index contributed by atoms with van der Waals surface area (Å²) in [5.74, 6) is 1.44. The van der Waals surface area contributed by atoms with Gasteiger partial charge in [0.25, 0.3) is 0 Å². The molecule has 0 fully saturated rings. The standard InChI is InChI=1S/C15H28N4OS/c1-5-16-15(17-7-6-8-20-11-12(2)3)19-10-14-18-9-13(4)21-14/h9,12H,5-8,10-11H2,1-4H3,(H2,16,17,19). The molecule has 0 unspecified atom stereocenters. The van der Waals surface area contributed by atoms with E-state index in [1.54, 1.807) is 11.3 Å². The minimum absolute atomic E-state index is 0.596. The topological polar surface area (TPSA) is 58.5 Å². The first-order chi connectivity index (χ1) is 10.1. The fourth-order valence-corrected chi connectivity index (χ4v) is 2.37. The summed E-state index contributed by atoms with van der Waals surface area (Å²) in [6.45, 7) is 12.4. The summed E-state index contributed by atoms with van der Waals surface area (Å²) in [4.78, 5) is 10.1. The highest BCUT2D eigenvalue weighted by molar-refractivity contribution is 7.11. The lowest BCUT2D eigenvalue weighted by Gasteiger charge is -2.11. The smallest absolute Gasteiger partial charge is 0.191 e. The number of hydrogen-bond acceptors (Lipinski definition) is 4. The van der Waals surface area contributed by atoms with Crippen LogP contribution < -0.4 is 10.6 Å². The van der Waals surface area contributed by atoms with E-state index in [0.717, 1.165) is 43.7 Å². The highest BCUT2D eigenvalue weighted by Crippen LogP contribution is 2.11. The van der Waals surface area contributed by atoms with Crippen LogP contribution in [0.4, 0.5) is 0 Å². The van der Waals surface area contributed by atoms with Crippen LogP contribution in [-0.4, -0.2) is 37.2 Å². The molecule has 0 atom stereocenters. The van der Waals surface area contributed by atoms with Crippen LogP contribution in [0.5, 0.6) is 0 Å². The minimum atomic E-state index is 0.596. The predicted octanol–water partition coefficient (Wildman–Crippen LogP) is 2.57. The lowest BCUT2D eigenvalue weighted by atomic mass is 10.2. The third-order valence-corrected chi connectivity index (χ3v) is 3.49. The molecule has 6 heteroatoms. The number of rotatable bonds is 9. The van der Waals surface area contributed by atoms with Gasteiger partial charge in [-0.25, -0.2) is 9.98 Å². The molecule has 0 saturated carbocycles. The van der Waals surface area contributed by atoms with Gasteiger partial charge in [0.1, 0.15) is 5.01 Å². The summed E-state index contributed by atoms with van der Waals surface area (Å²) in [6.07, 6.45) is 2.87. The Balaban J connectivity index is 2.25. The maximum absolute atomic E-state index is 5.56. The van der Waals surface area contributed by atoms with Crippen LogP contribution >= 0.6 is 11.3 Å². The van der Waals surface area contributed by atoms with Crippen LogP contribution in [0, 0.1) is 12.8 Å². The average Bonchev–Trinajstić information content (AvgIpc) is 2.85. The van der Waals surface area contributed by atoms with Gasteiger partial charge in [0.15, 0.2) is 5.96 Å². The summed E-state index contributed by atoms with van der Waals surface area (Å²) in [6, 6.07) is 0. The molecule has 0 saturated heterocycles. The molecule has 0 radical (unpaired) electrons. The summed E-state index contributed by atoms with van der Waals surface area (Å²) in [7, 11) is 0. The van der Waals surface area contributed by atoms with Crippen molar-refractivity contribution in [2.24, 2.45) is 10.9 Å². The molecule has 0 amide bonds. The van der Waals surface area contributed by atoms with Crippen LogP contribution in [0.3, 0.4) is 0 Å². The predicted molar refractivity (Wildman–Crippen MR) is 89.9 cm³/mol. The molecule has 120 valence electrons. The van der Waals surface area contributed by atoms with E-state index < -0.39 is 0 Å². The Morgan fingerprint density at radius 3 is 2.86 bits per heavy atom. The first-order valence-electron chi connectivity index (χ1n) is 7.63. The third-order valence-electron chi connectivity index (χ3n) is 2.59. The first kappa shape index (κ1) is 17.9. The molecular formula is C15H28N4OS. The van der Waals surface area contributed by atoms with E-state index in [-0.39, 0.29) is 0 Å². The molecule has 0 aliphatic rings. The molecule has 5 nitrogen and oxygen atoms in total. The lowest BCUT2D eigenvalue weighted by Crippen LogP contribution is -2.38. The summed E-state index contributed by atoms with van der Waals surface area (Å²) < 4.78 is 5.56. The van der Waals surface area contributed by atoms with E-state index >= 15 is 0 Å². The maximum Gasteiger partial charge on any atom is 0.191 e. The van der Waals surface area contributed by atoms with Gasteiger partial charge in [0, 0.05) is 37.4 Å². The Hall–Kier alpha value is -1.14. The number of thiazole rings is 1. The highest BCUT2D eigenvalue weighted by atomic mass is 32.1. The van der Waals surface area contributed by atoms with Gasteiger partial charge in [0.2, 0.25) is 0 Å². The number of aryl methyl sites for hydroxylation is 1. The van der Waals surface area contributed by atoms with Gasteiger partial charge in [0.05, 0.1) is 6.54 Å². The van der Waals surface area contributed by atoms with Crippen molar-refractivity contribution < 1.29 is 4.74 Å². The van der Waals surface area contributed by atoms with Crippen molar-refractivity contribution in [2.75, 3.05) is 26.3 Å². The van der Waals surface area contributed by atoms with Crippen LogP contribution in [0.25, 0.3) is 0 Å². The Morgan fingerprint density at radius 2 is 2.24 bits per heavy atom. The molecule has 0 spiro atoms. The van der Waals surface area contributed by atoms with Crippen LogP contribution in [0.1, 0.15) is 37.1 Å². The van der Waals surface area contributed by atoms with E-state index in [0.29, 0.717) is 12.5 Å². The zero-order valence-corrected chi connectivity index (χ0v) is 14.4. The van der Waals surface area contributed by atoms with Crippen molar-refractivity contribution in [1.82, 2.24) is 15.6 Å². The Kier molecular flexibility index (Phi) is 9.01. The van der Waals surface area contributed by atoms with E-state index in [1.807, 2.05) is 6.20 Å². The van der Waals surface area contributed by atoms with Gasteiger partial charge in [-0.1, -0.05) is 13.8 Å². The Labute approximate surface area is 132 Å². The summed E-state index contributed by atoms with van der Waals surface area (Å²) >= 11 is 1.69. The summed E-state index contributed by atoms with van der Waals surface area (Å²) in [5.41, 5.74) is 0. The van der Waals surface area contributed by atoms with E-state index in [1.165, 1.54) is 4.88 Å². The molecule has 0 aliphatic carbocycles. The van der Waals surface area contributed by atoms with Gasteiger partial charge in [-0.2, -0.15) is 0 Å². The monoisotopic (exact) mass is 312 g/mol. The highest BCUT2D eigenvalue weighted by Gasteiger charge is 2.00.